The molecule has 1 saturated heterocycles. The van der Waals surface area contributed by atoms with Gasteiger partial charge >= 0.3 is 5.97 Å². The van der Waals surface area contributed by atoms with Crippen molar-refractivity contribution in [3.8, 4) is 0 Å². The molecular formula is C14H24N2O4. The van der Waals surface area contributed by atoms with Crippen molar-refractivity contribution >= 4 is 17.8 Å². The zero-order valence-electron chi connectivity index (χ0n) is 12.2. The first-order valence-corrected chi connectivity index (χ1v) is 7.25. The highest BCUT2D eigenvalue weighted by Gasteiger charge is 2.38. The van der Waals surface area contributed by atoms with Gasteiger partial charge in [0.15, 0.2) is 0 Å². The van der Waals surface area contributed by atoms with Crippen LogP contribution in [0.25, 0.3) is 0 Å². The Balaban J connectivity index is 2.65. The lowest BCUT2D eigenvalue weighted by molar-refractivity contribution is -0.152. The summed E-state index contributed by atoms with van der Waals surface area (Å²) in [6.07, 6.45) is 3.08. The van der Waals surface area contributed by atoms with Crippen LogP contribution in [0, 0.1) is 5.41 Å². The second kappa shape index (κ2) is 7.26. The van der Waals surface area contributed by atoms with Crippen LogP contribution in [0.3, 0.4) is 0 Å². The Bertz CT molecular complexity index is 377. The predicted molar refractivity (Wildman–Crippen MR) is 74.1 cm³/mol. The van der Waals surface area contributed by atoms with E-state index in [9.17, 15) is 19.5 Å². The number of aliphatic carboxylic acids is 1. The summed E-state index contributed by atoms with van der Waals surface area (Å²) in [5.74, 6) is -1.49. The number of carbonyl (C=O) groups is 3. The lowest BCUT2D eigenvalue weighted by Gasteiger charge is -2.26. The molecule has 0 aromatic carbocycles. The summed E-state index contributed by atoms with van der Waals surface area (Å²) in [6.45, 7) is 4.17. The second-order valence-corrected chi connectivity index (χ2v) is 5.38. The third-order valence-electron chi connectivity index (χ3n) is 4.18. The standard InChI is InChI=1S/C14H24N2O4/c1-3-14(4-2,13(19)20)9-11(17)16-10-7-5-6-8-15-12(10)18/h10H,3-9H2,1-2H3,(H,15,18)(H,16,17)(H,19,20). The molecule has 3 N–H and O–H groups in total. The Morgan fingerprint density at radius 2 is 2.00 bits per heavy atom. The quantitative estimate of drug-likeness (QED) is 0.679. The van der Waals surface area contributed by atoms with Gasteiger partial charge in [-0.05, 0) is 32.1 Å². The molecule has 1 aliphatic heterocycles. The summed E-state index contributed by atoms with van der Waals surface area (Å²) in [5, 5.41) is 14.7. The molecule has 20 heavy (non-hydrogen) atoms. The molecule has 1 atom stereocenters. The zero-order valence-corrected chi connectivity index (χ0v) is 12.2. The van der Waals surface area contributed by atoms with Crippen molar-refractivity contribution in [2.45, 2.75) is 58.4 Å². The average Bonchev–Trinajstić information content (AvgIpc) is 2.61. The van der Waals surface area contributed by atoms with E-state index in [1.807, 2.05) is 0 Å². The van der Waals surface area contributed by atoms with Gasteiger partial charge in [-0.1, -0.05) is 13.8 Å². The van der Waals surface area contributed by atoms with E-state index in [0.29, 0.717) is 25.8 Å². The highest BCUT2D eigenvalue weighted by molar-refractivity contribution is 5.90. The van der Waals surface area contributed by atoms with Crippen molar-refractivity contribution in [2.24, 2.45) is 5.41 Å². The van der Waals surface area contributed by atoms with Crippen molar-refractivity contribution in [1.29, 1.82) is 0 Å². The Morgan fingerprint density at radius 1 is 1.35 bits per heavy atom. The smallest absolute Gasteiger partial charge is 0.310 e. The van der Waals surface area contributed by atoms with Crippen LogP contribution in [0.15, 0.2) is 0 Å². The second-order valence-electron chi connectivity index (χ2n) is 5.38. The molecule has 0 spiro atoms. The maximum Gasteiger partial charge on any atom is 0.310 e. The lowest BCUT2D eigenvalue weighted by Crippen LogP contribution is -2.47. The van der Waals surface area contributed by atoms with Gasteiger partial charge in [0, 0.05) is 13.0 Å². The molecule has 0 aromatic heterocycles. The Labute approximate surface area is 119 Å². The number of rotatable bonds is 6. The Hall–Kier alpha value is -1.59. The summed E-state index contributed by atoms with van der Waals surface area (Å²) >= 11 is 0. The molecule has 1 rings (SSSR count). The van der Waals surface area contributed by atoms with E-state index in [-0.39, 0.29) is 18.2 Å². The van der Waals surface area contributed by atoms with E-state index in [2.05, 4.69) is 10.6 Å². The largest absolute Gasteiger partial charge is 0.481 e. The minimum absolute atomic E-state index is 0.0842. The molecule has 114 valence electrons. The predicted octanol–water partition coefficient (Wildman–Crippen LogP) is 1.05. The molecule has 0 saturated carbocycles. The molecule has 6 heteroatoms. The molecule has 1 unspecified atom stereocenters. The Morgan fingerprint density at radius 3 is 2.55 bits per heavy atom. The molecule has 6 nitrogen and oxygen atoms in total. The third kappa shape index (κ3) is 3.95. The number of hydrogen-bond donors (Lipinski definition) is 3. The van der Waals surface area contributed by atoms with Crippen LogP contribution < -0.4 is 10.6 Å². The van der Waals surface area contributed by atoms with Gasteiger partial charge < -0.3 is 15.7 Å². The average molecular weight is 284 g/mol. The Kier molecular flexibility index (Phi) is 5.98. The molecular weight excluding hydrogens is 260 g/mol. The van der Waals surface area contributed by atoms with E-state index < -0.39 is 17.4 Å². The summed E-state index contributed by atoms with van der Waals surface area (Å²) in [4.78, 5) is 35.2. The van der Waals surface area contributed by atoms with Crippen LogP contribution in [0.4, 0.5) is 0 Å². The van der Waals surface area contributed by atoms with E-state index in [0.717, 1.165) is 12.8 Å². The van der Waals surface area contributed by atoms with Gasteiger partial charge in [-0.2, -0.15) is 0 Å². The first-order chi connectivity index (χ1) is 9.45. The fraction of sp³-hybridized carbons (Fsp3) is 0.786. The molecule has 0 radical (unpaired) electrons. The highest BCUT2D eigenvalue weighted by Crippen LogP contribution is 2.31. The summed E-state index contributed by atoms with van der Waals surface area (Å²) < 4.78 is 0. The highest BCUT2D eigenvalue weighted by atomic mass is 16.4. The maximum absolute atomic E-state index is 12.1. The molecule has 1 aliphatic rings. The van der Waals surface area contributed by atoms with Crippen LogP contribution in [-0.2, 0) is 14.4 Å². The minimum Gasteiger partial charge on any atom is -0.481 e. The van der Waals surface area contributed by atoms with E-state index in [1.54, 1.807) is 13.8 Å². The number of hydrogen-bond acceptors (Lipinski definition) is 3. The molecule has 0 aromatic rings. The normalized spacial score (nSPS) is 19.9. The van der Waals surface area contributed by atoms with Crippen molar-refractivity contribution in [2.75, 3.05) is 6.54 Å². The van der Waals surface area contributed by atoms with Crippen molar-refractivity contribution < 1.29 is 19.5 Å². The van der Waals surface area contributed by atoms with Crippen LogP contribution >= 0.6 is 0 Å². The van der Waals surface area contributed by atoms with Gasteiger partial charge in [-0.25, -0.2) is 0 Å². The van der Waals surface area contributed by atoms with Crippen LogP contribution in [0.2, 0.25) is 0 Å². The van der Waals surface area contributed by atoms with E-state index in [4.69, 9.17) is 0 Å². The lowest BCUT2D eigenvalue weighted by atomic mass is 9.79. The number of carbonyl (C=O) groups excluding carboxylic acids is 2. The summed E-state index contributed by atoms with van der Waals surface area (Å²) in [6, 6.07) is -0.537. The molecule has 0 aliphatic carbocycles. The van der Waals surface area contributed by atoms with E-state index >= 15 is 0 Å². The number of nitrogens with one attached hydrogen (secondary N) is 2. The van der Waals surface area contributed by atoms with Crippen molar-refractivity contribution in [1.82, 2.24) is 10.6 Å². The molecule has 1 heterocycles. The zero-order chi connectivity index (χ0) is 15.2. The van der Waals surface area contributed by atoms with Gasteiger partial charge in [0.1, 0.15) is 6.04 Å². The number of amides is 2. The fourth-order valence-electron chi connectivity index (χ4n) is 2.51. The topological polar surface area (TPSA) is 95.5 Å². The fourth-order valence-corrected chi connectivity index (χ4v) is 2.51. The summed E-state index contributed by atoms with van der Waals surface area (Å²) in [7, 11) is 0. The van der Waals surface area contributed by atoms with Gasteiger partial charge in [0.2, 0.25) is 11.8 Å². The van der Waals surface area contributed by atoms with Crippen LogP contribution in [0.5, 0.6) is 0 Å². The SMILES string of the molecule is CCC(CC)(CC(=O)NC1CCCCNC1=O)C(=O)O. The monoisotopic (exact) mass is 284 g/mol. The first kappa shape index (κ1) is 16.5. The molecule has 1 fully saturated rings. The van der Waals surface area contributed by atoms with Gasteiger partial charge in [-0.3, -0.25) is 14.4 Å². The molecule has 0 bridgehead atoms. The first-order valence-electron chi connectivity index (χ1n) is 7.25. The van der Waals surface area contributed by atoms with Crippen LogP contribution in [-0.4, -0.2) is 35.5 Å². The maximum atomic E-state index is 12.1. The van der Waals surface area contributed by atoms with Crippen molar-refractivity contribution in [3.05, 3.63) is 0 Å². The van der Waals surface area contributed by atoms with E-state index in [1.165, 1.54) is 0 Å². The third-order valence-corrected chi connectivity index (χ3v) is 4.18. The van der Waals surface area contributed by atoms with Gasteiger partial charge in [0.05, 0.1) is 5.41 Å². The number of carboxylic acid groups (broad SMARTS) is 1. The van der Waals surface area contributed by atoms with Gasteiger partial charge in [-0.15, -0.1) is 0 Å². The van der Waals surface area contributed by atoms with Crippen molar-refractivity contribution in [3.63, 3.8) is 0 Å². The van der Waals surface area contributed by atoms with Crippen LogP contribution in [0.1, 0.15) is 52.4 Å². The van der Waals surface area contributed by atoms with Gasteiger partial charge in [0.25, 0.3) is 0 Å². The number of carboxylic acids is 1. The minimum atomic E-state index is -1.04. The molecule has 2 amide bonds. The summed E-state index contributed by atoms with van der Waals surface area (Å²) in [5.41, 5.74) is -1.04.